The Morgan fingerprint density at radius 1 is 1.06 bits per heavy atom. The SMILES string of the molecule is Cl.O=C(O)c1ccc(-c2ccc3c(c2)C[C@@H](NC[C@@H](O)c2ccc(Cl)cc2)CC3)cc1F. The molecule has 0 unspecified atom stereocenters. The van der Waals surface area contributed by atoms with Gasteiger partial charge in [0.2, 0.25) is 0 Å². The number of aliphatic hydroxyl groups excluding tert-OH is 1. The van der Waals surface area contributed by atoms with Gasteiger partial charge in [-0.2, -0.15) is 0 Å². The van der Waals surface area contributed by atoms with Crippen LogP contribution in [0.25, 0.3) is 11.1 Å². The third kappa shape index (κ3) is 5.48. The molecule has 0 radical (unpaired) electrons. The van der Waals surface area contributed by atoms with Crippen molar-refractivity contribution in [2.45, 2.75) is 31.4 Å². The van der Waals surface area contributed by atoms with Crippen LogP contribution in [-0.4, -0.2) is 28.8 Å². The second kappa shape index (κ2) is 10.5. The normalized spacial score (nSPS) is 16.0. The van der Waals surface area contributed by atoms with Gasteiger partial charge in [-0.3, -0.25) is 0 Å². The highest BCUT2D eigenvalue weighted by atomic mass is 35.5. The van der Waals surface area contributed by atoms with Crippen LogP contribution in [0.1, 0.15) is 39.6 Å². The van der Waals surface area contributed by atoms with Gasteiger partial charge >= 0.3 is 5.97 Å². The maximum Gasteiger partial charge on any atom is 0.338 e. The summed E-state index contributed by atoms with van der Waals surface area (Å²) in [6, 6.07) is 17.7. The van der Waals surface area contributed by atoms with Crippen LogP contribution in [0.3, 0.4) is 0 Å². The van der Waals surface area contributed by atoms with Crippen molar-refractivity contribution >= 4 is 30.0 Å². The standard InChI is InChI=1S/C25H23ClFNO3.ClH/c26-20-7-3-16(4-8-20)24(29)14-28-21-9-5-15-1-2-17(11-19(15)12-21)18-6-10-22(25(30)31)23(27)13-18;/h1-4,6-8,10-11,13,21,24,28-29H,5,9,12,14H2,(H,30,31);1H/t21-,24+;/m0./s1. The molecule has 0 aromatic heterocycles. The van der Waals surface area contributed by atoms with Gasteiger partial charge in [-0.15, -0.1) is 12.4 Å². The zero-order valence-electron chi connectivity index (χ0n) is 17.2. The molecule has 4 rings (SSSR count). The highest BCUT2D eigenvalue weighted by Gasteiger charge is 2.20. The van der Waals surface area contributed by atoms with Gasteiger partial charge in [0.15, 0.2) is 0 Å². The second-order valence-corrected chi connectivity index (χ2v) is 8.34. The molecule has 7 heteroatoms. The largest absolute Gasteiger partial charge is 0.478 e. The quantitative estimate of drug-likeness (QED) is 0.443. The lowest BCUT2D eigenvalue weighted by Gasteiger charge is -2.27. The third-order valence-corrected chi connectivity index (χ3v) is 6.07. The molecule has 4 nitrogen and oxygen atoms in total. The fraction of sp³-hybridized carbons (Fsp3) is 0.240. The zero-order valence-corrected chi connectivity index (χ0v) is 18.8. The van der Waals surface area contributed by atoms with Gasteiger partial charge < -0.3 is 15.5 Å². The smallest absolute Gasteiger partial charge is 0.338 e. The van der Waals surface area contributed by atoms with Crippen LogP contribution >= 0.6 is 24.0 Å². The lowest BCUT2D eigenvalue weighted by Crippen LogP contribution is -2.37. The van der Waals surface area contributed by atoms with Crippen molar-refractivity contribution in [3.05, 3.63) is 93.8 Å². The molecule has 0 fully saturated rings. The maximum absolute atomic E-state index is 14.1. The molecular weight excluding hydrogens is 452 g/mol. The molecule has 3 aromatic carbocycles. The van der Waals surface area contributed by atoms with Crippen molar-refractivity contribution in [2.24, 2.45) is 0 Å². The number of rotatable bonds is 6. The number of hydrogen-bond donors (Lipinski definition) is 3. The van der Waals surface area contributed by atoms with E-state index in [0.717, 1.165) is 30.4 Å². The summed E-state index contributed by atoms with van der Waals surface area (Å²) in [6.07, 6.45) is 2.10. The Balaban J connectivity index is 0.00000289. The topological polar surface area (TPSA) is 69.6 Å². The van der Waals surface area contributed by atoms with E-state index in [-0.39, 0.29) is 24.0 Å². The van der Waals surface area contributed by atoms with Gasteiger partial charge in [0.05, 0.1) is 11.7 Å². The van der Waals surface area contributed by atoms with Crippen molar-refractivity contribution in [1.29, 1.82) is 0 Å². The van der Waals surface area contributed by atoms with E-state index in [0.29, 0.717) is 17.1 Å². The Bertz CT molecular complexity index is 1100. The lowest BCUT2D eigenvalue weighted by molar-refractivity contribution is 0.0692. The molecular formula is C25H24Cl2FNO3. The first-order valence-corrected chi connectivity index (χ1v) is 10.6. The predicted molar refractivity (Wildman–Crippen MR) is 126 cm³/mol. The van der Waals surface area contributed by atoms with E-state index in [1.165, 1.54) is 23.3 Å². The summed E-state index contributed by atoms with van der Waals surface area (Å²) in [4.78, 5) is 11.0. The van der Waals surface area contributed by atoms with Crippen molar-refractivity contribution in [1.82, 2.24) is 5.32 Å². The van der Waals surface area contributed by atoms with E-state index in [2.05, 4.69) is 11.4 Å². The molecule has 0 saturated carbocycles. The van der Waals surface area contributed by atoms with E-state index in [1.807, 2.05) is 24.3 Å². The van der Waals surface area contributed by atoms with Crippen LogP contribution in [0.2, 0.25) is 5.02 Å². The number of nitrogens with one attached hydrogen (secondary N) is 1. The minimum Gasteiger partial charge on any atom is -0.478 e. The average Bonchev–Trinajstić information content (AvgIpc) is 2.77. The van der Waals surface area contributed by atoms with E-state index in [1.54, 1.807) is 18.2 Å². The minimum absolute atomic E-state index is 0. The number of fused-ring (bicyclic) bond motifs is 1. The molecule has 1 aliphatic rings. The number of benzene rings is 3. The first-order valence-electron chi connectivity index (χ1n) is 10.2. The molecule has 1 aliphatic carbocycles. The van der Waals surface area contributed by atoms with Crippen LogP contribution in [0.5, 0.6) is 0 Å². The van der Waals surface area contributed by atoms with E-state index < -0.39 is 17.9 Å². The number of aromatic carboxylic acids is 1. The van der Waals surface area contributed by atoms with Crippen molar-refractivity contribution in [2.75, 3.05) is 6.54 Å². The number of aryl methyl sites for hydroxylation is 1. The maximum atomic E-state index is 14.1. The van der Waals surface area contributed by atoms with Crippen LogP contribution in [0.4, 0.5) is 4.39 Å². The molecule has 3 aromatic rings. The van der Waals surface area contributed by atoms with Crippen molar-refractivity contribution in [3.8, 4) is 11.1 Å². The number of aliphatic hydroxyl groups is 1. The Kier molecular flexibility index (Phi) is 7.91. The van der Waals surface area contributed by atoms with Gasteiger partial charge in [0, 0.05) is 17.6 Å². The van der Waals surface area contributed by atoms with E-state index in [9.17, 15) is 14.3 Å². The lowest BCUT2D eigenvalue weighted by atomic mass is 9.86. The number of halogens is 3. The molecule has 168 valence electrons. The molecule has 0 amide bonds. The Hall–Kier alpha value is -2.44. The molecule has 0 heterocycles. The zero-order chi connectivity index (χ0) is 22.0. The third-order valence-electron chi connectivity index (χ3n) is 5.82. The summed E-state index contributed by atoms with van der Waals surface area (Å²) in [5.74, 6) is -2.01. The number of carboxylic acids is 1. The van der Waals surface area contributed by atoms with E-state index >= 15 is 0 Å². The van der Waals surface area contributed by atoms with Crippen LogP contribution in [0, 0.1) is 5.82 Å². The summed E-state index contributed by atoms with van der Waals surface area (Å²) < 4.78 is 14.1. The minimum atomic E-state index is -1.27. The summed E-state index contributed by atoms with van der Waals surface area (Å²) in [6.45, 7) is 0.448. The summed E-state index contributed by atoms with van der Waals surface area (Å²) in [5, 5.41) is 23.5. The fourth-order valence-electron chi connectivity index (χ4n) is 4.06. The molecule has 0 spiro atoms. The fourth-order valence-corrected chi connectivity index (χ4v) is 4.19. The average molecular weight is 476 g/mol. The highest BCUT2D eigenvalue weighted by molar-refractivity contribution is 6.30. The van der Waals surface area contributed by atoms with Gasteiger partial charge in [-0.05, 0) is 71.3 Å². The Labute approximate surface area is 197 Å². The van der Waals surface area contributed by atoms with Gasteiger partial charge in [-0.25, -0.2) is 9.18 Å². The molecule has 2 atom stereocenters. The number of carbonyl (C=O) groups is 1. The highest BCUT2D eigenvalue weighted by Crippen LogP contribution is 2.29. The van der Waals surface area contributed by atoms with Gasteiger partial charge in [-0.1, -0.05) is 48.0 Å². The Morgan fingerprint density at radius 3 is 2.44 bits per heavy atom. The van der Waals surface area contributed by atoms with Crippen LogP contribution < -0.4 is 5.32 Å². The van der Waals surface area contributed by atoms with Crippen molar-refractivity contribution in [3.63, 3.8) is 0 Å². The van der Waals surface area contributed by atoms with Gasteiger partial charge in [0.25, 0.3) is 0 Å². The molecule has 0 aliphatic heterocycles. The van der Waals surface area contributed by atoms with Crippen LogP contribution in [0.15, 0.2) is 60.7 Å². The Morgan fingerprint density at radius 2 is 1.75 bits per heavy atom. The molecule has 0 saturated heterocycles. The van der Waals surface area contributed by atoms with Gasteiger partial charge in [0.1, 0.15) is 5.82 Å². The number of carboxylic acid groups (broad SMARTS) is 1. The monoisotopic (exact) mass is 475 g/mol. The molecule has 32 heavy (non-hydrogen) atoms. The summed E-state index contributed by atoms with van der Waals surface area (Å²) in [7, 11) is 0. The van der Waals surface area contributed by atoms with E-state index in [4.69, 9.17) is 16.7 Å². The van der Waals surface area contributed by atoms with Crippen molar-refractivity contribution < 1.29 is 19.4 Å². The summed E-state index contributed by atoms with van der Waals surface area (Å²) in [5.41, 5.74) is 4.45. The van der Waals surface area contributed by atoms with Crippen LogP contribution in [-0.2, 0) is 12.8 Å². The second-order valence-electron chi connectivity index (χ2n) is 7.90. The molecule has 0 bridgehead atoms. The first kappa shape index (κ1) is 24.2. The predicted octanol–water partition coefficient (Wildman–Crippen LogP) is 5.45. The first-order chi connectivity index (χ1) is 14.9. The molecule has 3 N–H and O–H groups in total. The number of hydrogen-bond acceptors (Lipinski definition) is 3. The summed E-state index contributed by atoms with van der Waals surface area (Å²) >= 11 is 5.91.